The van der Waals surface area contributed by atoms with Crippen molar-refractivity contribution in [3.8, 4) is 0 Å². The number of carbonyl (C=O) groups excluding carboxylic acids is 1. The van der Waals surface area contributed by atoms with Crippen LogP contribution in [0.3, 0.4) is 0 Å². The Labute approximate surface area is 82.6 Å². The van der Waals surface area contributed by atoms with Gasteiger partial charge >= 0.3 is 0 Å². The van der Waals surface area contributed by atoms with Gasteiger partial charge in [0.15, 0.2) is 0 Å². The van der Waals surface area contributed by atoms with E-state index in [4.69, 9.17) is 0 Å². The summed E-state index contributed by atoms with van der Waals surface area (Å²) in [6, 6.07) is 0. The molecule has 1 amide bonds. The fourth-order valence-corrected chi connectivity index (χ4v) is 0.909. The number of alkyl halides is 1. The van der Waals surface area contributed by atoms with Gasteiger partial charge in [-0.2, -0.15) is 0 Å². The first-order chi connectivity index (χ1) is 5.54. The van der Waals surface area contributed by atoms with E-state index in [1.54, 1.807) is 0 Å². The Hall–Kier alpha value is -0.0900. The van der Waals surface area contributed by atoms with Gasteiger partial charge in [-0.1, -0.05) is 15.9 Å². The Morgan fingerprint density at radius 1 is 1.58 bits per heavy atom. The highest BCUT2D eigenvalue weighted by Gasteiger charge is 2.06. The van der Waals surface area contributed by atoms with Gasteiger partial charge in [-0.3, -0.25) is 4.79 Å². The molecule has 0 radical (unpaired) electrons. The minimum atomic E-state index is -0.0862. The van der Waals surface area contributed by atoms with Crippen molar-refractivity contribution in [3.05, 3.63) is 0 Å². The minimum Gasteiger partial charge on any atom is -0.355 e. The number of hydrogen-bond acceptors (Lipinski definition) is 2. The molecule has 0 saturated heterocycles. The average molecular weight is 237 g/mol. The zero-order valence-electron chi connectivity index (χ0n) is 7.93. The third-order valence-electron chi connectivity index (χ3n) is 1.44. The fraction of sp³-hybridized carbons (Fsp3) is 0.875. The summed E-state index contributed by atoms with van der Waals surface area (Å²) in [7, 11) is 4.05. The third kappa shape index (κ3) is 6.61. The van der Waals surface area contributed by atoms with Crippen LogP contribution in [-0.2, 0) is 4.79 Å². The summed E-state index contributed by atoms with van der Waals surface area (Å²) in [5.74, 6) is 0.0637. The van der Waals surface area contributed by atoms with Crippen LogP contribution < -0.4 is 5.32 Å². The van der Waals surface area contributed by atoms with Gasteiger partial charge in [0.1, 0.15) is 0 Å². The number of nitrogens with zero attached hydrogens (tertiary/aromatic N) is 1. The van der Waals surface area contributed by atoms with Crippen LogP contribution in [0.4, 0.5) is 0 Å². The van der Waals surface area contributed by atoms with Crippen LogP contribution >= 0.6 is 15.9 Å². The molecule has 0 aromatic rings. The lowest BCUT2D eigenvalue weighted by Crippen LogP contribution is -2.31. The molecule has 3 nitrogen and oxygen atoms in total. The highest BCUT2D eigenvalue weighted by atomic mass is 79.9. The molecule has 12 heavy (non-hydrogen) atoms. The maximum Gasteiger partial charge on any atom is 0.233 e. The number of nitrogens with one attached hydrogen (secondary N) is 1. The second-order valence-electron chi connectivity index (χ2n) is 3.06. The topological polar surface area (TPSA) is 32.3 Å². The Bertz CT molecular complexity index is 137. The van der Waals surface area contributed by atoms with Gasteiger partial charge in [0.2, 0.25) is 5.91 Å². The van der Waals surface area contributed by atoms with E-state index in [-0.39, 0.29) is 10.7 Å². The van der Waals surface area contributed by atoms with Crippen molar-refractivity contribution in [3.63, 3.8) is 0 Å². The zero-order chi connectivity index (χ0) is 9.56. The van der Waals surface area contributed by atoms with Gasteiger partial charge in [-0.05, 0) is 34.0 Å². The summed E-state index contributed by atoms with van der Waals surface area (Å²) in [5.41, 5.74) is 0. The molecule has 0 aliphatic rings. The summed E-state index contributed by atoms with van der Waals surface area (Å²) < 4.78 is 0. The number of halogens is 1. The standard InChI is InChI=1S/C8H17BrN2O/c1-7(9)8(12)10-5-4-6-11(2)3/h7H,4-6H2,1-3H3,(H,10,12). The molecule has 0 spiro atoms. The molecule has 1 N–H and O–H groups in total. The first kappa shape index (κ1) is 11.9. The predicted octanol–water partition coefficient (Wildman–Crippen LogP) is 0.838. The molecule has 0 bridgehead atoms. The minimum absolute atomic E-state index is 0.0637. The van der Waals surface area contributed by atoms with Gasteiger partial charge in [0.05, 0.1) is 4.83 Å². The molecular weight excluding hydrogens is 220 g/mol. The molecular formula is C8H17BrN2O. The van der Waals surface area contributed by atoms with E-state index in [0.717, 1.165) is 19.5 Å². The predicted molar refractivity (Wildman–Crippen MR) is 54.6 cm³/mol. The second-order valence-corrected chi connectivity index (χ2v) is 4.44. The summed E-state index contributed by atoms with van der Waals surface area (Å²) in [4.78, 5) is 13.0. The molecule has 1 unspecified atom stereocenters. The van der Waals surface area contributed by atoms with E-state index >= 15 is 0 Å². The third-order valence-corrected chi connectivity index (χ3v) is 1.86. The largest absolute Gasteiger partial charge is 0.355 e. The molecule has 0 aromatic carbocycles. The summed E-state index contributed by atoms with van der Waals surface area (Å²) in [6.45, 7) is 3.59. The number of amides is 1. The number of hydrogen-bond donors (Lipinski definition) is 1. The highest BCUT2D eigenvalue weighted by molar-refractivity contribution is 9.10. The van der Waals surface area contributed by atoms with Crippen LogP contribution in [0.1, 0.15) is 13.3 Å². The smallest absolute Gasteiger partial charge is 0.233 e. The molecule has 0 aliphatic heterocycles. The van der Waals surface area contributed by atoms with Crippen LogP contribution in [0, 0.1) is 0 Å². The molecule has 4 heteroatoms. The molecule has 0 rings (SSSR count). The Morgan fingerprint density at radius 3 is 2.58 bits per heavy atom. The molecule has 0 aromatic heterocycles. The number of carbonyl (C=O) groups is 1. The van der Waals surface area contributed by atoms with Gasteiger partial charge in [0.25, 0.3) is 0 Å². The SMILES string of the molecule is CC(Br)C(=O)NCCCN(C)C. The molecule has 72 valence electrons. The van der Waals surface area contributed by atoms with E-state index in [1.807, 2.05) is 21.0 Å². The summed E-state index contributed by atoms with van der Waals surface area (Å²) >= 11 is 3.20. The number of rotatable bonds is 5. The van der Waals surface area contributed by atoms with Gasteiger partial charge < -0.3 is 10.2 Å². The van der Waals surface area contributed by atoms with Crippen molar-refractivity contribution < 1.29 is 4.79 Å². The Kier molecular flexibility index (Phi) is 6.38. The van der Waals surface area contributed by atoms with Crippen LogP contribution in [-0.4, -0.2) is 42.8 Å². The van der Waals surface area contributed by atoms with Crippen molar-refractivity contribution >= 4 is 21.8 Å². The maximum absolute atomic E-state index is 11.0. The van der Waals surface area contributed by atoms with Gasteiger partial charge in [0, 0.05) is 6.54 Å². The fourth-order valence-electron chi connectivity index (χ4n) is 0.748. The van der Waals surface area contributed by atoms with E-state index in [0.29, 0.717) is 0 Å². The lowest BCUT2D eigenvalue weighted by atomic mass is 10.4. The van der Waals surface area contributed by atoms with E-state index in [1.165, 1.54) is 0 Å². The van der Waals surface area contributed by atoms with Crippen LogP contribution in [0.25, 0.3) is 0 Å². The molecule has 0 saturated carbocycles. The molecule has 0 heterocycles. The quantitative estimate of drug-likeness (QED) is 0.567. The van der Waals surface area contributed by atoms with Crippen molar-refractivity contribution in [2.24, 2.45) is 0 Å². The van der Waals surface area contributed by atoms with Crippen molar-refractivity contribution in [1.29, 1.82) is 0 Å². The first-order valence-corrected chi connectivity index (χ1v) is 5.02. The lowest BCUT2D eigenvalue weighted by molar-refractivity contribution is -0.120. The lowest BCUT2D eigenvalue weighted by Gasteiger charge is -2.10. The first-order valence-electron chi connectivity index (χ1n) is 4.10. The Morgan fingerprint density at radius 2 is 2.17 bits per heavy atom. The molecule has 1 atom stereocenters. The van der Waals surface area contributed by atoms with Crippen LogP contribution in [0.2, 0.25) is 0 Å². The van der Waals surface area contributed by atoms with E-state index in [2.05, 4.69) is 26.1 Å². The molecule has 0 fully saturated rings. The maximum atomic E-state index is 11.0. The zero-order valence-corrected chi connectivity index (χ0v) is 9.52. The van der Waals surface area contributed by atoms with Crippen molar-refractivity contribution in [2.75, 3.05) is 27.2 Å². The van der Waals surface area contributed by atoms with E-state index < -0.39 is 0 Å². The summed E-state index contributed by atoms with van der Waals surface area (Å²) in [6.07, 6.45) is 0.998. The normalized spacial score (nSPS) is 13.1. The van der Waals surface area contributed by atoms with Crippen molar-refractivity contribution in [1.82, 2.24) is 10.2 Å². The monoisotopic (exact) mass is 236 g/mol. The van der Waals surface area contributed by atoms with E-state index in [9.17, 15) is 4.79 Å². The average Bonchev–Trinajstić information content (AvgIpc) is 1.97. The van der Waals surface area contributed by atoms with Crippen LogP contribution in [0.15, 0.2) is 0 Å². The van der Waals surface area contributed by atoms with Crippen molar-refractivity contribution in [2.45, 2.75) is 18.2 Å². The summed E-state index contributed by atoms with van der Waals surface area (Å²) in [5, 5.41) is 2.82. The highest BCUT2D eigenvalue weighted by Crippen LogP contribution is 1.95. The van der Waals surface area contributed by atoms with Crippen LogP contribution in [0.5, 0.6) is 0 Å². The Balaban J connectivity index is 3.26. The van der Waals surface area contributed by atoms with Gasteiger partial charge in [-0.25, -0.2) is 0 Å². The second kappa shape index (κ2) is 6.43. The molecule has 0 aliphatic carbocycles. The van der Waals surface area contributed by atoms with Gasteiger partial charge in [-0.15, -0.1) is 0 Å².